The number of hydrogen-bond donors (Lipinski definition) is 1. The van der Waals surface area contributed by atoms with Gasteiger partial charge in [0.25, 0.3) is 10.0 Å². The van der Waals surface area contributed by atoms with Crippen LogP contribution >= 0.6 is 0 Å². The fourth-order valence-electron chi connectivity index (χ4n) is 2.47. The van der Waals surface area contributed by atoms with Crippen LogP contribution in [0.15, 0.2) is 46.1 Å². The molecule has 1 aliphatic rings. The first kappa shape index (κ1) is 13.7. The number of nitrogens with zero attached hydrogens (tertiary/aromatic N) is 1. The molecule has 0 spiro atoms. The Balaban J connectivity index is 2.07. The third-order valence-electron chi connectivity index (χ3n) is 3.49. The van der Waals surface area contributed by atoms with Crippen LogP contribution in [0.3, 0.4) is 0 Å². The first-order chi connectivity index (χ1) is 10.00. The minimum atomic E-state index is -3.67. The number of sulfonamides is 1. The molecule has 0 amide bonds. The average Bonchev–Trinajstić information content (AvgIpc) is 3.00. The lowest BCUT2D eigenvalue weighted by atomic mass is 10.0. The Kier molecular flexibility index (Phi) is 3.21. The van der Waals surface area contributed by atoms with Crippen molar-refractivity contribution in [3.63, 3.8) is 0 Å². The Bertz CT molecular complexity index is 780. The molecule has 1 aromatic heterocycles. The van der Waals surface area contributed by atoms with Gasteiger partial charge in [0.15, 0.2) is 0 Å². The van der Waals surface area contributed by atoms with E-state index in [0.29, 0.717) is 25.1 Å². The third kappa shape index (κ3) is 2.29. The van der Waals surface area contributed by atoms with Crippen LogP contribution in [-0.2, 0) is 16.4 Å². The van der Waals surface area contributed by atoms with Gasteiger partial charge in [-0.3, -0.25) is 4.31 Å². The molecule has 0 atom stereocenters. The van der Waals surface area contributed by atoms with Gasteiger partial charge in [-0.05, 0) is 42.7 Å². The second-order valence-electron chi connectivity index (χ2n) is 4.79. The molecular weight excluding hydrogens is 294 g/mol. The van der Waals surface area contributed by atoms with E-state index in [4.69, 9.17) is 9.52 Å². The van der Waals surface area contributed by atoms with Gasteiger partial charge in [-0.15, -0.1) is 0 Å². The molecule has 0 aliphatic carbocycles. The predicted molar refractivity (Wildman–Crippen MR) is 75.0 cm³/mol. The second-order valence-corrected chi connectivity index (χ2v) is 6.65. The van der Waals surface area contributed by atoms with Gasteiger partial charge in [-0.1, -0.05) is 0 Å². The van der Waals surface area contributed by atoms with E-state index >= 15 is 0 Å². The number of benzene rings is 1. The minimum absolute atomic E-state index is 0.0951. The van der Waals surface area contributed by atoms with Crippen LogP contribution in [0.4, 0.5) is 5.69 Å². The lowest BCUT2D eigenvalue weighted by molar-refractivity contribution is 0.0696. The van der Waals surface area contributed by atoms with E-state index in [1.165, 1.54) is 35.0 Å². The Morgan fingerprint density at radius 1 is 1.29 bits per heavy atom. The van der Waals surface area contributed by atoms with Gasteiger partial charge in [-0.25, -0.2) is 13.2 Å². The Morgan fingerprint density at radius 3 is 2.76 bits per heavy atom. The molecule has 7 heteroatoms. The summed E-state index contributed by atoms with van der Waals surface area (Å²) in [5.41, 5.74) is 1.43. The van der Waals surface area contributed by atoms with Crippen molar-refractivity contribution in [1.82, 2.24) is 0 Å². The zero-order valence-corrected chi connectivity index (χ0v) is 11.8. The highest BCUT2D eigenvalue weighted by molar-refractivity contribution is 7.92. The van der Waals surface area contributed by atoms with Crippen molar-refractivity contribution in [2.75, 3.05) is 10.8 Å². The van der Waals surface area contributed by atoms with Gasteiger partial charge in [0.1, 0.15) is 11.2 Å². The number of hydrogen-bond acceptors (Lipinski definition) is 4. The number of carboxylic acids is 1. The van der Waals surface area contributed by atoms with E-state index in [1.807, 2.05) is 0 Å². The number of aryl methyl sites for hydroxylation is 1. The van der Waals surface area contributed by atoms with Gasteiger partial charge < -0.3 is 9.52 Å². The molecule has 0 saturated heterocycles. The predicted octanol–water partition coefficient (Wildman–Crippen LogP) is 2.12. The maximum Gasteiger partial charge on any atom is 0.335 e. The summed E-state index contributed by atoms with van der Waals surface area (Å²) in [4.78, 5) is 11.1. The number of rotatable bonds is 3. The topological polar surface area (TPSA) is 87.8 Å². The summed E-state index contributed by atoms with van der Waals surface area (Å²) >= 11 is 0. The number of furan rings is 1. The largest absolute Gasteiger partial charge is 0.478 e. The van der Waals surface area contributed by atoms with Crippen LogP contribution in [0.1, 0.15) is 22.3 Å². The van der Waals surface area contributed by atoms with Crippen molar-refractivity contribution in [2.24, 2.45) is 0 Å². The van der Waals surface area contributed by atoms with E-state index in [-0.39, 0.29) is 10.5 Å². The summed E-state index contributed by atoms with van der Waals surface area (Å²) < 4.78 is 31.3. The first-order valence-electron chi connectivity index (χ1n) is 6.41. The fraction of sp³-hybridized carbons (Fsp3) is 0.214. The maximum absolute atomic E-state index is 12.6. The molecule has 2 heterocycles. The lowest BCUT2D eigenvalue weighted by Crippen LogP contribution is -2.35. The molecule has 6 nitrogen and oxygen atoms in total. The molecular formula is C14H13NO5S. The monoisotopic (exact) mass is 307 g/mol. The molecule has 110 valence electrons. The number of anilines is 1. The zero-order valence-electron chi connectivity index (χ0n) is 11.0. The molecule has 1 aliphatic heterocycles. The van der Waals surface area contributed by atoms with Gasteiger partial charge >= 0.3 is 5.97 Å². The van der Waals surface area contributed by atoms with E-state index in [2.05, 4.69) is 0 Å². The molecule has 3 rings (SSSR count). The number of carbonyl (C=O) groups is 1. The molecule has 0 bridgehead atoms. The van der Waals surface area contributed by atoms with Crippen molar-refractivity contribution in [2.45, 2.75) is 17.7 Å². The molecule has 21 heavy (non-hydrogen) atoms. The van der Waals surface area contributed by atoms with Crippen molar-refractivity contribution in [3.8, 4) is 0 Å². The second kappa shape index (κ2) is 4.92. The average molecular weight is 307 g/mol. The van der Waals surface area contributed by atoms with Crippen LogP contribution in [0.2, 0.25) is 0 Å². The van der Waals surface area contributed by atoms with Crippen molar-refractivity contribution < 1.29 is 22.7 Å². The van der Waals surface area contributed by atoms with Crippen LogP contribution < -0.4 is 4.31 Å². The van der Waals surface area contributed by atoms with Gasteiger partial charge in [0.2, 0.25) is 0 Å². The standard InChI is InChI=1S/C14H13NO5S/c16-14(17)11-3-4-13-10(8-11)2-1-6-15(13)21(18,19)12-5-7-20-9-12/h3-5,7-9H,1-2,6H2,(H,16,17). The lowest BCUT2D eigenvalue weighted by Gasteiger charge is -2.30. The summed E-state index contributed by atoms with van der Waals surface area (Å²) in [6.07, 6.45) is 3.81. The van der Waals surface area contributed by atoms with Crippen molar-refractivity contribution >= 4 is 21.7 Å². The van der Waals surface area contributed by atoms with Crippen LogP contribution in [0, 0.1) is 0 Å². The molecule has 0 unspecified atom stereocenters. The quantitative estimate of drug-likeness (QED) is 0.938. The highest BCUT2D eigenvalue weighted by Gasteiger charge is 2.30. The summed E-state index contributed by atoms with van der Waals surface area (Å²) in [5.74, 6) is -1.02. The Morgan fingerprint density at radius 2 is 2.10 bits per heavy atom. The van der Waals surface area contributed by atoms with E-state index < -0.39 is 16.0 Å². The van der Waals surface area contributed by atoms with Crippen molar-refractivity contribution in [3.05, 3.63) is 47.9 Å². The normalized spacial score (nSPS) is 14.8. The number of carboxylic acid groups (broad SMARTS) is 1. The highest BCUT2D eigenvalue weighted by Crippen LogP contribution is 2.32. The highest BCUT2D eigenvalue weighted by atomic mass is 32.2. The molecule has 1 aromatic carbocycles. The molecule has 0 fully saturated rings. The van der Waals surface area contributed by atoms with Crippen molar-refractivity contribution in [1.29, 1.82) is 0 Å². The van der Waals surface area contributed by atoms with E-state index in [1.54, 1.807) is 6.07 Å². The number of fused-ring (bicyclic) bond motifs is 1. The Labute approximate surface area is 121 Å². The maximum atomic E-state index is 12.6. The van der Waals surface area contributed by atoms with Crippen LogP contribution in [-0.4, -0.2) is 26.0 Å². The van der Waals surface area contributed by atoms with E-state index in [0.717, 1.165) is 5.56 Å². The van der Waals surface area contributed by atoms with E-state index in [9.17, 15) is 13.2 Å². The zero-order chi connectivity index (χ0) is 15.0. The molecule has 2 aromatic rings. The summed E-state index contributed by atoms with van der Waals surface area (Å²) in [5, 5.41) is 9.02. The summed E-state index contributed by atoms with van der Waals surface area (Å²) in [6, 6.07) is 5.91. The van der Waals surface area contributed by atoms with Gasteiger partial charge in [0.05, 0.1) is 17.5 Å². The summed E-state index contributed by atoms with van der Waals surface area (Å²) in [6.45, 7) is 0.368. The third-order valence-corrected chi connectivity index (χ3v) is 5.27. The SMILES string of the molecule is O=C(O)c1ccc2c(c1)CCCN2S(=O)(=O)c1ccoc1. The molecule has 0 saturated carbocycles. The van der Waals surface area contributed by atoms with Crippen LogP contribution in [0.25, 0.3) is 0 Å². The smallest absolute Gasteiger partial charge is 0.335 e. The minimum Gasteiger partial charge on any atom is -0.478 e. The van der Waals surface area contributed by atoms with Gasteiger partial charge in [-0.2, -0.15) is 0 Å². The first-order valence-corrected chi connectivity index (χ1v) is 7.85. The molecule has 0 radical (unpaired) electrons. The van der Waals surface area contributed by atoms with Crippen LogP contribution in [0.5, 0.6) is 0 Å². The summed E-state index contributed by atoms with van der Waals surface area (Å²) in [7, 11) is -3.67. The Hall–Kier alpha value is -2.28. The fourth-order valence-corrected chi connectivity index (χ4v) is 3.94. The number of aromatic carboxylic acids is 1. The molecule has 1 N–H and O–H groups in total. The van der Waals surface area contributed by atoms with Gasteiger partial charge in [0, 0.05) is 6.54 Å².